The lowest BCUT2D eigenvalue weighted by Crippen LogP contribution is -2.09. The van der Waals surface area contributed by atoms with Crippen molar-refractivity contribution in [1.29, 1.82) is 0 Å². The third kappa shape index (κ3) is 2.75. The van der Waals surface area contributed by atoms with Gasteiger partial charge in [0.15, 0.2) is 0 Å². The van der Waals surface area contributed by atoms with Crippen LogP contribution in [0.25, 0.3) is 0 Å². The molecule has 0 aliphatic rings. The van der Waals surface area contributed by atoms with Crippen molar-refractivity contribution in [3.05, 3.63) is 28.6 Å². The van der Waals surface area contributed by atoms with Gasteiger partial charge in [-0.3, -0.25) is 9.78 Å². The molecule has 0 aromatic carbocycles. The molecule has 0 aliphatic heterocycles. The second kappa shape index (κ2) is 5.34. The minimum atomic E-state index is -2.71. The van der Waals surface area contributed by atoms with Crippen molar-refractivity contribution < 1.29 is 18.7 Å². The quantitative estimate of drug-likeness (QED) is 0.869. The van der Waals surface area contributed by atoms with Gasteiger partial charge in [0.1, 0.15) is 0 Å². The minimum absolute atomic E-state index is 0.159. The number of aryl methyl sites for hydroxylation is 1. The third-order valence-corrected chi connectivity index (χ3v) is 2.80. The van der Waals surface area contributed by atoms with E-state index in [4.69, 9.17) is 5.11 Å². The average Bonchev–Trinajstić information content (AvgIpc) is 2.16. The molecule has 1 heterocycles. The number of pyridine rings is 1. The van der Waals surface area contributed by atoms with Crippen LogP contribution < -0.4 is 0 Å². The molecular weight excluding hydrogens is 284 g/mol. The van der Waals surface area contributed by atoms with Crippen LogP contribution in [0.4, 0.5) is 8.78 Å². The fourth-order valence-corrected chi connectivity index (χ4v) is 2.18. The molecule has 1 N–H and O–H groups in total. The summed E-state index contributed by atoms with van der Waals surface area (Å²) in [4.78, 5) is 14.5. The van der Waals surface area contributed by atoms with Crippen molar-refractivity contribution in [2.45, 2.75) is 25.1 Å². The van der Waals surface area contributed by atoms with E-state index in [0.29, 0.717) is 16.6 Å². The monoisotopic (exact) mass is 293 g/mol. The Morgan fingerprint density at radius 2 is 2.19 bits per heavy atom. The second-order valence-corrected chi connectivity index (χ2v) is 3.82. The lowest BCUT2D eigenvalue weighted by molar-refractivity contribution is -0.136. The number of alkyl halides is 3. The Kier molecular flexibility index (Phi) is 4.35. The van der Waals surface area contributed by atoms with Gasteiger partial charge in [-0.1, -0.05) is 15.9 Å². The number of nitrogens with zero attached hydrogens (tertiary/aromatic N) is 1. The van der Waals surface area contributed by atoms with Gasteiger partial charge in [-0.15, -0.1) is 0 Å². The fourth-order valence-electron chi connectivity index (χ4n) is 1.44. The number of hydrogen-bond acceptors (Lipinski definition) is 2. The SMILES string of the molecule is Cc1ncc(C(F)F)c(CC(=O)O)c1CBr. The zero-order valence-corrected chi connectivity index (χ0v) is 10.1. The van der Waals surface area contributed by atoms with E-state index in [1.54, 1.807) is 6.92 Å². The molecule has 0 radical (unpaired) electrons. The largest absolute Gasteiger partial charge is 0.481 e. The van der Waals surface area contributed by atoms with Crippen LogP contribution in [-0.2, 0) is 16.5 Å². The van der Waals surface area contributed by atoms with Crippen LogP contribution in [-0.4, -0.2) is 16.1 Å². The Morgan fingerprint density at radius 1 is 1.56 bits per heavy atom. The van der Waals surface area contributed by atoms with Gasteiger partial charge in [0.2, 0.25) is 0 Å². The first-order valence-corrected chi connectivity index (χ1v) is 5.62. The van der Waals surface area contributed by atoms with Crippen molar-refractivity contribution >= 4 is 21.9 Å². The number of rotatable bonds is 4. The Labute approximate surface area is 99.6 Å². The molecule has 1 rings (SSSR count). The smallest absolute Gasteiger partial charge is 0.307 e. The summed E-state index contributed by atoms with van der Waals surface area (Å²) in [5, 5.41) is 9.02. The number of hydrogen-bond donors (Lipinski definition) is 1. The molecule has 0 unspecified atom stereocenters. The maximum atomic E-state index is 12.7. The maximum Gasteiger partial charge on any atom is 0.307 e. The second-order valence-electron chi connectivity index (χ2n) is 3.26. The molecule has 16 heavy (non-hydrogen) atoms. The summed E-state index contributed by atoms with van der Waals surface area (Å²) < 4.78 is 25.4. The van der Waals surface area contributed by atoms with Gasteiger partial charge in [0, 0.05) is 22.8 Å². The number of aliphatic carboxylic acids is 1. The molecule has 0 atom stereocenters. The highest BCUT2D eigenvalue weighted by Gasteiger charge is 2.20. The van der Waals surface area contributed by atoms with Gasteiger partial charge in [-0.2, -0.15) is 0 Å². The van der Waals surface area contributed by atoms with E-state index in [9.17, 15) is 13.6 Å². The highest BCUT2D eigenvalue weighted by atomic mass is 79.9. The van der Waals surface area contributed by atoms with Gasteiger partial charge in [0.25, 0.3) is 6.43 Å². The van der Waals surface area contributed by atoms with Gasteiger partial charge in [0.05, 0.1) is 6.42 Å². The van der Waals surface area contributed by atoms with Crippen LogP contribution in [0.3, 0.4) is 0 Å². The van der Waals surface area contributed by atoms with E-state index in [1.807, 2.05) is 0 Å². The van der Waals surface area contributed by atoms with Crippen LogP contribution in [0.1, 0.15) is 28.8 Å². The minimum Gasteiger partial charge on any atom is -0.481 e. The van der Waals surface area contributed by atoms with Crippen LogP contribution in [0.15, 0.2) is 6.20 Å². The topological polar surface area (TPSA) is 50.2 Å². The van der Waals surface area contributed by atoms with Gasteiger partial charge < -0.3 is 5.11 Å². The van der Waals surface area contributed by atoms with Crippen molar-refractivity contribution in [3.8, 4) is 0 Å². The standard InChI is InChI=1S/C10H10BrF2NO2/c1-5-7(3-11)6(2-9(15)16)8(4-14-5)10(12)13/h4,10H,2-3H2,1H3,(H,15,16). The molecule has 1 aromatic heterocycles. The highest BCUT2D eigenvalue weighted by Crippen LogP contribution is 2.28. The Bertz CT molecular complexity index is 410. The molecule has 0 amide bonds. The summed E-state index contributed by atoms with van der Waals surface area (Å²) in [6.45, 7) is 1.66. The summed E-state index contributed by atoms with van der Waals surface area (Å²) in [7, 11) is 0. The van der Waals surface area contributed by atoms with Gasteiger partial charge >= 0.3 is 5.97 Å². The fraction of sp³-hybridized carbons (Fsp3) is 0.400. The Hall–Kier alpha value is -1.04. The molecule has 0 spiro atoms. The number of carboxylic acids is 1. The van der Waals surface area contributed by atoms with E-state index < -0.39 is 18.8 Å². The van der Waals surface area contributed by atoms with E-state index in [0.717, 1.165) is 6.20 Å². The van der Waals surface area contributed by atoms with Crippen LogP contribution in [0, 0.1) is 6.92 Å². The average molecular weight is 294 g/mol. The summed E-state index contributed by atoms with van der Waals surface area (Å²) in [5.74, 6) is -1.13. The predicted octanol–water partition coefficient (Wildman–Crippen LogP) is 2.85. The first-order valence-electron chi connectivity index (χ1n) is 4.50. The number of aromatic nitrogens is 1. The summed E-state index contributed by atoms with van der Waals surface area (Å²) in [5.41, 5.74) is 0.951. The molecular formula is C10H10BrF2NO2. The van der Waals surface area contributed by atoms with E-state index in [1.165, 1.54) is 0 Å². The van der Waals surface area contributed by atoms with E-state index in [-0.39, 0.29) is 11.1 Å². The van der Waals surface area contributed by atoms with Crippen molar-refractivity contribution in [3.63, 3.8) is 0 Å². The van der Waals surface area contributed by atoms with E-state index >= 15 is 0 Å². The zero-order chi connectivity index (χ0) is 12.3. The molecule has 0 saturated heterocycles. The first kappa shape index (κ1) is 13.0. The van der Waals surface area contributed by atoms with E-state index in [2.05, 4.69) is 20.9 Å². The van der Waals surface area contributed by atoms with Crippen molar-refractivity contribution in [2.24, 2.45) is 0 Å². The van der Waals surface area contributed by atoms with Crippen molar-refractivity contribution in [2.75, 3.05) is 0 Å². The molecule has 0 aliphatic carbocycles. The summed E-state index contributed by atoms with van der Waals surface area (Å²) >= 11 is 3.15. The van der Waals surface area contributed by atoms with Crippen molar-refractivity contribution in [1.82, 2.24) is 4.98 Å². The molecule has 88 valence electrons. The number of carboxylic acid groups (broad SMARTS) is 1. The molecule has 3 nitrogen and oxygen atoms in total. The molecule has 6 heteroatoms. The highest BCUT2D eigenvalue weighted by molar-refractivity contribution is 9.08. The Morgan fingerprint density at radius 3 is 2.62 bits per heavy atom. The normalized spacial score (nSPS) is 10.8. The van der Waals surface area contributed by atoms with Gasteiger partial charge in [-0.25, -0.2) is 8.78 Å². The van der Waals surface area contributed by atoms with Crippen LogP contribution >= 0.6 is 15.9 Å². The third-order valence-electron chi connectivity index (χ3n) is 2.24. The van der Waals surface area contributed by atoms with Crippen LogP contribution in [0.2, 0.25) is 0 Å². The lowest BCUT2D eigenvalue weighted by Gasteiger charge is -2.13. The van der Waals surface area contributed by atoms with Crippen LogP contribution in [0.5, 0.6) is 0 Å². The summed E-state index contributed by atoms with van der Waals surface area (Å²) in [6, 6.07) is 0. The van der Waals surface area contributed by atoms with Gasteiger partial charge in [-0.05, 0) is 18.1 Å². The molecule has 0 saturated carbocycles. The number of carbonyl (C=O) groups is 1. The Balaban J connectivity index is 3.34. The molecule has 1 aromatic rings. The summed E-state index contributed by atoms with van der Waals surface area (Å²) in [6.07, 6.45) is -2.07. The molecule has 0 fully saturated rings. The molecule has 0 bridgehead atoms. The number of halogens is 3. The lowest BCUT2D eigenvalue weighted by atomic mass is 10.00. The maximum absolute atomic E-state index is 12.7. The predicted molar refractivity (Wildman–Crippen MR) is 57.9 cm³/mol. The zero-order valence-electron chi connectivity index (χ0n) is 8.51. The first-order chi connectivity index (χ1) is 7.47.